The van der Waals surface area contributed by atoms with Crippen molar-refractivity contribution in [3.05, 3.63) is 65.7 Å². The number of hydrogen-bond donors (Lipinski definition) is 1. The van der Waals surface area contributed by atoms with Gasteiger partial charge in [0.05, 0.1) is 20.3 Å². The largest absolute Gasteiger partial charge is 0.493 e. The van der Waals surface area contributed by atoms with Crippen LogP contribution < -0.4 is 14.2 Å². The van der Waals surface area contributed by atoms with Crippen molar-refractivity contribution in [1.29, 1.82) is 5.26 Å². The number of carbonyl (C=O) groups excluding carboxylic acids is 1. The molecule has 0 aromatic heterocycles. The van der Waals surface area contributed by atoms with Gasteiger partial charge in [-0.15, -0.1) is 0 Å². The highest BCUT2D eigenvalue weighted by atomic mass is 16.5. The number of nitriles is 1. The number of carbonyl (C=O) groups is 1. The maximum absolute atomic E-state index is 11.4. The lowest BCUT2D eigenvalue weighted by molar-refractivity contribution is -0.119. The van der Waals surface area contributed by atoms with E-state index in [0.29, 0.717) is 36.6 Å². The first kappa shape index (κ1) is 23.8. The number of aliphatic hydroxyl groups is 1. The Morgan fingerprint density at radius 1 is 1.10 bits per heavy atom. The normalized spacial score (nSPS) is 11.5. The molecule has 1 amide bonds. The third-order valence-corrected chi connectivity index (χ3v) is 4.64. The standard InChI is InChI=1S/C24H28N2O5/c1-29-23-11-8-20(15-24(23)30-2)12-14-26(18-27)16-21(28)17-31-22-9-6-19(7-10-22)5-3-4-13-25/h3-4,6-11,15,18,21,28H,5,12,14,16-17H2,1-2H3/b4-3+. The van der Waals surface area contributed by atoms with Crippen LogP contribution in [0.25, 0.3) is 0 Å². The molecule has 1 atom stereocenters. The maximum Gasteiger partial charge on any atom is 0.209 e. The van der Waals surface area contributed by atoms with Crippen LogP contribution in [0.15, 0.2) is 54.6 Å². The topological polar surface area (TPSA) is 92.0 Å². The Labute approximate surface area is 183 Å². The molecule has 0 saturated carbocycles. The van der Waals surface area contributed by atoms with Crippen molar-refractivity contribution in [2.45, 2.75) is 18.9 Å². The maximum atomic E-state index is 11.4. The van der Waals surface area contributed by atoms with Gasteiger partial charge in [0, 0.05) is 19.2 Å². The first-order valence-electron chi connectivity index (χ1n) is 9.94. The zero-order valence-electron chi connectivity index (χ0n) is 17.9. The van der Waals surface area contributed by atoms with Crippen LogP contribution in [0.2, 0.25) is 0 Å². The molecular formula is C24H28N2O5. The van der Waals surface area contributed by atoms with Gasteiger partial charge in [0.1, 0.15) is 18.5 Å². The number of benzene rings is 2. The first-order chi connectivity index (χ1) is 15.1. The summed E-state index contributed by atoms with van der Waals surface area (Å²) < 4.78 is 16.1. The highest BCUT2D eigenvalue weighted by Gasteiger charge is 2.12. The summed E-state index contributed by atoms with van der Waals surface area (Å²) in [5.74, 6) is 1.92. The van der Waals surface area contributed by atoms with Crippen molar-refractivity contribution >= 4 is 6.41 Å². The molecule has 0 fully saturated rings. The van der Waals surface area contributed by atoms with E-state index in [4.69, 9.17) is 19.5 Å². The van der Waals surface area contributed by atoms with Gasteiger partial charge in [-0.3, -0.25) is 4.79 Å². The monoisotopic (exact) mass is 424 g/mol. The third-order valence-electron chi connectivity index (χ3n) is 4.64. The number of ether oxygens (including phenoxy) is 3. The highest BCUT2D eigenvalue weighted by molar-refractivity contribution is 5.47. The van der Waals surface area contributed by atoms with Gasteiger partial charge < -0.3 is 24.2 Å². The van der Waals surface area contributed by atoms with Crippen molar-refractivity contribution in [3.63, 3.8) is 0 Å². The summed E-state index contributed by atoms with van der Waals surface area (Å²) in [4.78, 5) is 12.9. The minimum absolute atomic E-state index is 0.0778. The number of allylic oxidation sites excluding steroid dienone is 2. The quantitative estimate of drug-likeness (QED) is 0.393. The van der Waals surface area contributed by atoms with Crippen LogP contribution in [0.1, 0.15) is 11.1 Å². The van der Waals surface area contributed by atoms with Crippen molar-refractivity contribution in [3.8, 4) is 23.3 Å². The Morgan fingerprint density at radius 3 is 2.45 bits per heavy atom. The Kier molecular flexibility index (Phi) is 9.92. The molecule has 2 aromatic carbocycles. The predicted molar refractivity (Wildman–Crippen MR) is 117 cm³/mol. The second-order valence-corrected chi connectivity index (χ2v) is 6.88. The molecule has 2 rings (SSSR count). The van der Waals surface area contributed by atoms with E-state index in [2.05, 4.69) is 0 Å². The van der Waals surface area contributed by atoms with E-state index in [-0.39, 0.29) is 13.2 Å². The molecule has 7 heteroatoms. The summed E-state index contributed by atoms with van der Waals surface area (Å²) in [6.07, 6.45) is 4.45. The summed E-state index contributed by atoms with van der Waals surface area (Å²) in [7, 11) is 3.16. The average Bonchev–Trinajstić information content (AvgIpc) is 2.81. The van der Waals surface area contributed by atoms with E-state index in [1.54, 1.807) is 20.3 Å². The Hall–Kier alpha value is -3.50. The molecule has 0 radical (unpaired) electrons. The van der Waals surface area contributed by atoms with E-state index in [9.17, 15) is 9.90 Å². The van der Waals surface area contributed by atoms with E-state index >= 15 is 0 Å². The molecule has 0 aliphatic carbocycles. The zero-order chi connectivity index (χ0) is 22.5. The number of amides is 1. The Morgan fingerprint density at radius 2 is 1.81 bits per heavy atom. The molecule has 2 aromatic rings. The molecule has 164 valence electrons. The lowest BCUT2D eigenvalue weighted by atomic mass is 10.1. The third kappa shape index (κ3) is 8.03. The van der Waals surface area contributed by atoms with Gasteiger partial charge in [-0.05, 0) is 48.2 Å². The Balaban J connectivity index is 1.79. The SMILES string of the molecule is COc1ccc(CCN(C=O)CC(O)COc2ccc(C/C=C/C#N)cc2)cc1OC. The molecule has 0 saturated heterocycles. The molecule has 7 nitrogen and oxygen atoms in total. The first-order valence-corrected chi connectivity index (χ1v) is 9.94. The summed E-state index contributed by atoms with van der Waals surface area (Å²) in [5.41, 5.74) is 2.06. The molecule has 0 aliphatic rings. The number of methoxy groups -OCH3 is 2. The van der Waals surface area contributed by atoms with Crippen molar-refractivity contribution < 1.29 is 24.1 Å². The van der Waals surface area contributed by atoms with Crippen LogP contribution in [0, 0.1) is 11.3 Å². The van der Waals surface area contributed by atoms with Gasteiger partial charge in [-0.2, -0.15) is 5.26 Å². The van der Waals surface area contributed by atoms with Crippen LogP contribution in [0.3, 0.4) is 0 Å². The number of aliphatic hydroxyl groups excluding tert-OH is 1. The summed E-state index contributed by atoms with van der Waals surface area (Å²) in [5, 5.41) is 18.8. The molecule has 1 unspecified atom stereocenters. The second-order valence-electron chi connectivity index (χ2n) is 6.88. The average molecular weight is 424 g/mol. The molecule has 0 bridgehead atoms. The summed E-state index contributed by atoms with van der Waals surface area (Å²) in [6.45, 7) is 0.711. The molecule has 31 heavy (non-hydrogen) atoms. The molecule has 1 N–H and O–H groups in total. The lowest BCUT2D eigenvalue weighted by Gasteiger charge is -2.21. The van der Waals surface area contributed by atoms with E-state index in [1.165, 1.54) is 11.0 Å². The summed E-state index contributed by atoms with van der Waals surface area (Å²) in [6, 6.07) is 15.0. The van der Waals surface area contributed by atoms with Gasteiger partial charge in [0.2, 0.25) is 6.41 Å². The fraction of sp³-hybridized carbons (Fsp3) is 0.333. The van der Waals surface area contributed by atoms with Gasteiger partial charge in [0.25, 0.3) is 0 Å². The molecule has 0 aliphatic heterocycles. The van der Waals surface area contributed by atoms with Crippen LogP contribution in [-0.4, -0.2) is 56.4 Å². The number of rotatable bonds is 13. The molecule has 0 spiro atoms. The van der Waals surface area contributed by atoms with Gasteiger partial charge in [-0.25, -0.2) is 0 Å². The zero-order valence-corrected chi connectivity index (χ0v) is 17.9. The van der Waals surface area contributed by atoms with Crippen LogP contribution >= 0.6 is 0 Å². The summed E-state index contributed by atoms with van der Waals surface area (Å²) >= 11 is 0. The van der Waals surface area contributed by atoms with E-state index in [0.717, 1.165) is 17.5 Å². The minimum atomic E-state index is -0.811. The fourth-order valence-electron chi connectivity index (χ4n) is 2.98. The highest BCUT2D eigenvalue weighted by Crippen LogP contribution is 2.27. The van der Waals surface area contributed by atoms with E-state index < -0.39 is 6.10 Å². The van der Waals surface area contributed by atoms with Crippen LogP contribution in [0.4, 0.5) is 0 Å². The van der Waals surface area contributed by atoms with Crippen molar-refractivity contribution in [2.75, 3.05) is 33.9 Å². The Bertz CT molecular complexity index is 890. The van der Waals surface area contributed by atoms with Gasteiger partial charge in [-0.1, -0.05) is 24.3 Å². The smallest absolute Gasteiger partial charge is 0.209 e. The van der Waals surface area contributed by atoms with Gasteiger partial charge in [0.15, 0.2) is 11.5 Å². The number of nitrogens with zero attached hydrogens (tertiary/aromatic N) is 2. The van der Waals surface area contributed by atoms with Crippen LogP contribution in [0.5, 0.6) is 17.2 Å². The lowest BCUT2D eigenvalue weighted by Crippen LogP contribution is -2.36. The van der Waals surface area contributed by atoms with Crippen molar-refractivity contribution in [2.24, 2.45) is 0 Å². The van der Waals surface area contributed by atoms with Crippen molar-refractivity contribution in [1.82, 2.24) is 4.90 Å². The second kappa shape index (κ2) is 12.9. The minimum Gasteiger partial charge on any atom is -0.493 e. The van der Waals surface area contributed by atoms with E-state index in [1.807, 2.05) is 48.5 Å². The number of hydrogen-bond acceptors (Lipinski definition) is 6. The molecule has 0 heterocycles. The molecular weight excluding hydrogens is 396 g/mol. The van der Waals surface area contributed by atoms with Crippen LogP contribution in [-0.2, 0) is 17.6 Å². The van der Waals surface area contributed by atoms with Gasteiger partial charge >= 0.3 is 0 Å². The predicted octanol–water partition coefficient (Wildman–Crippen LogP) is 2.77. The fourth-order valence-corrected chi connectivity index (χ4v) is 2.98.